The van der Waals surface area contributed by atoms with Crippen LogP contribution in [0.5, 0.6) is 0 Å². The Bertz CT molecular complexity index is 2500. The van der Waals surface area contributed by atoms with Gasteiger partial charge >= 0.3 is 0 Å². The minimum absolute atomic E-state index is 0.697. The minimum atomic E-state index is 0.697. The highest BCUT2D eigenvalue weighted by molar-refractivity contribution is 7.21. The monoisotopic (exact) mass is 606 g/mol. The lowest BCUT2D eigenvalue weighted by Gasteiger charge is -2.14. The first-order chi connectivity index (χ1) is 22.8. The molecule has 0 N–H and O–H groups in total. The third kappa shape index (κ3) is 4.57. The van der Waals surface area contributed by atoms with Crippen molar-refractivity contribution < 1.29 is 0 Å². The SMILES string of the molecule is c1ccc(-c2nc(-c3cc(-c4cc5cccnc5s4)cc(-c4cc5ccccc5n4-c4ccccc4)c3)nc3ccccc23)cc1. The van der Waals surface area contributed by atoms with E-state index >= 15 is 0 Å². The summed E-state index contributed by atoms with van der Waals surface area (Å²) in [5.41, 5.74) is 9.47. The van der Waals surface area contributed by atoms with Gasteiger partial charge in [0.2, 0.25) is 0 Å². The summed E-state index contributed by atoms with van der Waals surface area (Å²) in [7, 11) is 0. The van der Waals surface area contributed by atoms with Crippen LogP contribution in [0.25, 0.3) is 82.1 Å². The van der Waals surface area contributed by atoms with E-state index < -0.39 is 0 Å². The Kier molecular flexibility index (Phi) is 6.28. The van der Waals surface area contributed by atoms with Gasteiger partial charge in [-0.3, -0.25) is 0 Å². The van der Waals surface area contributed by atoms with Crippen LogP contribution in [0.3, 0.4) is 0 Å². The molecular weight excluding hydrogens is 581 g/mol. The van der Waals surface area contributed by atoms with Gasteiger partial charge in [-0.25, -0.2) is 15.0 Å². The molecule has 9 aromatic rings. The molecule has 0 saturated carbocycles. The van der Waals surface area contributed by atoms with E-state index in [4.69, 9.17) is 9.97 Å². The zero-order valence-corrected chi connectivity index (χ0v) is 25.5. The largest absolute Gasteiger partial charge is 0.309 e. The molecule has 0 fully saturated rings. The van der Waals surface area contributed by atoms with Crippen molar-refractivity contribution in [1.29, 1.82) is 0 Å². The molecule has 4 nitrogen and oxygen atoms in total. The fraction of sp³-hybridized carbons (Fsp3) is 0. The molecule has 0 spiro atoms. The average Bonchev–Trinajstić information content (AvgIpc) is 3.74. The number of pyridine rings is 1. The van der Waals surface area contributed by atoms with Gasteiger partial charge in [-0.2, -0.15) is 0 Å². The van der Waals surface area contributed by atoms with Gasteiger partial charge in [-0.05, 0) is 71.8 Å². The normalized spacial score (nSPS) is 11.5. The molecule has 0 amide bonds. The number of hydrogen-bond acceptors (Lipinski definition) is 4. The Morgan fingerprint density at radius 3 is 2.11 bits per heavy atom. The summed E-state index contributed by atoms with van der Waals surface area (Å²) in [5, 5.41) is 3.36. The molecule has 216 valence electrons. The van der Waals surface area contributed by atoms with E-state index in [2.05, 4.69) is 143 Å². The highest BCUT2D eigenvalue weighted by Crippen LogP contribution is 2.40. The molecule has 4 heterocycles. The molecule has 0 aliphatic heterocycles. The van der Waals surface area contributed by atoms with E-state index in [1.165, 1.54) is 5.39 Å². The van der Waals surface area contributed by atoms with Crippen LogP contribution < -0.4 is 0 Å². The van der Waals surface area contributed by atoms with Crippen molar-refractivity contribution in [3.05, 3.63) is 158 Å². The molecule has 46 heavy (non-hydrogen) atoms. The van der Waals surface area contributed by atoms with Crippen LogP contribution in [0.2, 0.25) is 0 Å². The van der Waals surface area contributed by atoms with Crippen LogP contribution in [-0.4, -0.2) is 19.5 Å². The standard InChI is InChI=1S/C41H26N4S/c1-3-12-27(13-4-1)39-34-18-8-9-19-35(34)43-40(44-39)32-23-30(22-31(24-32)38-26-29-15-11-21-42-41(29)46-38)37-25-28-14-7-10-20-36(28)45(37)33-16-5-2-6-17-33/h1-26H. The van der Waals surface area contributed by atoms with Crippen molar-refractivity contribution >= 4 is 43.4 Å². The van der Waals surface area contributed by atoms with E-state index in [0.717, 1.165) is 70.8 Å². The fourth-order valence-electron chi connectivity index (χ4n) is 6.31. The number of nitrogens with zero attached hydrogens (tertiary/aromatic N) is 4. The quantitative estimate of drug-likeness (QED) is 0.196. The van der Waals surface area contributed by atoms with E-state index in [1.54, 1.807) is 11.3 Å². The van der Waals surface area contributed by atoms with Crippen molar-refractivity contribution in [2.24, 2.45) is 0 Å². The Labute approximate surface area is 269 Å². The van der Waals surface area contributed by atoms with Gasteiger partial charge < -0.3 is 4.57 Å². The number of rotatable bonds is 5. The molecule has 0 unspecified atom stereocenters. The van der Waals surface area contributed by atoms with Crippen LogP contribution in [0.4, 0.5) is 0 Å². The predicted octanol–water partition coefficient (Wildman–Crippen LogP) is 10.9. The third-order valence-corrected chi connectivity index (χ3v) is 9.55. The molecule has 5 aromatic carbocycles. The number of thiophene rings is 1. The van der Waals surface area contributed by atoms with Gasteiger partial charge in [0.05, 0.1) is 22.4 Å². The van der Waals surface area contributed by atoms with Crippen molar-refractivity contribution in [3.63, 3.8) is 0 Å². The summed E-state index contributed by atoms with van der Waals surface area (Å²) in [5.74, 6) is 0.697. The molecule has 0 radical (unpaired) electrons. The van der Waals surface area contributed by atoms with Crippen LogP contribution in [0, 0.1) is 0 Å². The summed E-state index contributed by atoms with van der Waals surface area (Å²) in [4.78, 5) is 17.2. The molecule has 0 aliphatic carbocycles. The number of aromatic nitrogens is 4. The van der Waals surface area contributed by atoms with Crippen LogP contribution in [0.1, 0.15) is 0 Å². The molecule has 0 bridgehead atoms. The number of hydrogen-bond donors (Lipinski definition) is 0. The maximum absolute atomic E-state index is 5.25. The van der Waals surface area contributed by atoms with Gasteiger partial charge in [-0.1, -0.05) is 91.0 Å². The second-order valence-corrected chi connectivity index (χ2v) is 12.4. The molecule has 0 saturated heterocycles. The number of para-hydroxylation sites is 3. The predicted molar refractivity (Wildman–Crippen MR) is 191 cm³/mol. The van der Waals surface area contributed by atoms with E-state index in [9.17, 15) is 0 Å². The summed E-state index contributed by atoms with van der Waals surface area (Å²) >= 11 is 1.71. The van der Waals surface area contributed by atoms with Crippen molar-refractivity contribution in [2.75, 3.05) is 0 Å². The van der Waals surface area contributed by atoms with Gasteiger partial charge in [-0.15, -0.1) is 11.3 Å². The summed E-state index contributed by atoms with van der Waals surface area (Å²) in [6.45, 7) is 0. The Morgan fingerprint density at radius 2 is 1.24 bits per heavy atom. The lowest BCUT2D eigenvalue weighted by molar-refractivity contribution is 1.13. The maximum Gasteiger partial charge on any atom is 0.160 e. The van der Waals surface area contributed by atoms with Crippen LogP contribution in [0.15, 0.2) is 158 Å². The van der Waals surface area contributed by atoms with Crippen molar-refractivity contribution in [2.45, 2.75) is 0 Å². The summed E-state index contributed by atoms with van der Waals surface area (Å²) in [6, 6.07) is 53.2. The lowest BCUT2D eigenvalue weighted by Crippen LogP contribution is -1.98. The first-order valence-corrected chi connectivity index (χ1v) is 16.1. The zero-order chi connectivity index (χ0) is 30.5. The van der Waals surface area contributed by atoms with E-state index in [0.29, 0.717) is 5.82 Å². The van der Waals surface area contributed by atoms with Crippen LogP contribution >= 0.6 is 11.3 Å². The molecule has 0 aliphatic rings. The Balaban J connectivity index is 1.33. The highest BCUT2D eigenvalue weighted by atomic mass is 32.1. The second-order valence-electron chi connectivity index (χ2n) is 11.3. The zero-order valence-electron chi connectivity index (χ0n) is 24.7. The van der Waals surface area contributed by atoms with Gasteiger partial charge in [0.25, 0.3) is 0 Å². The summed E-state index contributed by atoms with van der Waals surface area (Å²) in [6.07, 6.45) is 1.86. The van der Waals surface area contributed by atoms with Crippen LogP contribution in [-0.2, 0) is 0 Å². The fourth-order valence-corrected chi connectivity index (χ4v) is 7.29. The molecule has 0 atom stereocenters. The first-order valence-electron chi connectivity index (χ1n) is 15.3. The van der Waals surface area contributed by atoms with Crippen molar-refractivity contribution in [3.8, 4) is 50.0 Å². The first kappa shape index (κ1) is 26.5. The Morgan fingerprint density at radius 1 is 0.522 bits per heavy atom. The topological polar surface area (TPSA) is 43.6 Å². The minimum Gasteiger partial charge on any atom is -0.309 e. The smallest absolute Gasteiger partial charge is 0.160 e. The number of benzene rings is 5. The third-order valence-electron chi connectivity index (χ3n) is 8.44. The molecule has 4 aromatic heterocycles. The van der Waals surface area contributed by atoms with Gasteiger partial charge in [0.1, 0.15) is 4.83 Å². The average molecular weight is 607 g/mol. The molecule has 5 heteroatoms. The van der Waals surface area contributed by atoms with E-state index in [-0.39, 0.29) is 0 Å². The highest BCUT2D eigenvalue weighted by Gasteiger charge is 2.18. The second kappa shape index (κ2) is 10.9. The van der Waals surface area contributed by atoms with Gasteiger partial charge in [0, 0.05) is 44.0 Å². The molecule has 9 rings (SSSR count). The number of fused-ring (bicyclic) bond motifs is 3. The molecular formula is C41H26N4S. The van der Waals surface area contributed by atoms with E-state index in [1.807, 2.05) is 24.4 Å². The maximum atomic E-state index is 5.25. The lowest BCUT2D eigenvalue weighted by atomic mass is 10.0. The van der Waals surface area contributed by atoms with Crippen molar-refractivity contribution in [1.82, 2.24) is 19.5 Å². The van der Waals surface area contributed by atoms with Gasteiger partial charge in [0.15, 0.2) is 5.82 Å². The Hall–Kier alpha value is -5.91. The summed E-state index contributed by atoms with van der Waals surface area (Å²) < 4.78 is 2.35.